The number of thiazole rings is 1. The van der Waals surface area contributed by atoms with Gasteiger partial charge in [-0.1, -0.05) is 22.9 Å². The Bertz CT molecular complexity index is 856. The van der Waals surface area contributed by atoms with Gasteiger partial charge in [0, 0.05) is 18.1 Å². The summed E-state index contributed by atoms with van der Waals surface area (Å²) in [4.78, 5) is 37.4. The van der Waals surface area contributed by atoms with E-state index in [-0.39, 0.29) is 17.6 Å². The van der Waals surface area contributed by atoms with Crippen LogP contribution in [0.2, 0.25) is 5.02 Å². The summed E-state index contributed by atoms with van der Waals surface area (Å²) in [6, 6.07) is 5.20. The number of fused-ring (bicyclic) bond motifs is 1. The molecule has 7 nitrogen and oxygen atoms in total. The zero-order valence-corrected chi connectivity index (χ0v) is 15.8. The van der Waals surface area contributed by atoms with E-state index in [0.29, 0.717) is 36.5 Å². The summed E-state index contributed by atoms with van der Waals surface area (Å²) in [6.45, 7) is 3.03. The number of aldehydes is 1. The van der Waals surface area contributed by atoms with E-state index < -0.39 is 12.3 Å². The highest BCUT2D eigenvalue weighted by atomic mass is 35.5. The molecule has 9 heteroatoms. The Labute approximate surface area is 159 Å². The van der Waals surface area contributed by atoms with Crippen molar-refractivity contribution in [2.75, 3.05) is 19.7 Å². The summed E-state index contributed by atoms with van der Waals surface area (Å²) in [5.41, 5.74) is 0.648. The van der Waals surface area contributed by atoms with E-state index in [1.165, 1.54) is 4.57 Å². The summed E-state index contributed by atoms with van der Waals surface area (Å²) in [6.07, 6.45) is 0.274. The topological polar surface area (TPSA) is 77.8 Å². The summed E-state index contributed by atoms with van der Waals surface area (Å²) >= 11 is 7.14. The third kappa shape index (κ3) is 3.92. The third-order valence-corrected chi connectivity index (χ3v) is 5.51. The molecule has 140 valence electrons. The van der Waals surface area contributed by atoms with E-state index >= 15 is 0 Å². The number of carbonyl (C=O) groups excluding carboxylic acids is 2. The monoisotopic (exact) mass is 398 g/mol. The number of rotatable bonds is 5. The average molecular weight is 399 g/mol. The highest BCUT2D eigenvalue weighted by Gasteiger charge is 2.30. The van der Waals surface area contributed by atoms with Gasteiger partial charge in [-0.05, 0) is 38.0 Å². The molecule has 0 spiro atoms. The molecule has 1 atom stereocenters. The molecule has 0 bridgehead atoms. The van der Waals surface area contributed by atoms with Crippen LogP contribution < -0.4 is 4.87 Å². The molecule has 1 fully saturated rings. The van der Waals surface area contributed by atoms with Crippen LogP contribution in [-0.4, -0.2) is 47.7 Å². The van der Waals surface area contributed by atoms with Crippen molar-refractivity contribution in [2.24, 2.45) is 0 Å². The highest BCUT2D eigenvalue weighted by Crippen LogP contribution is 2.27. The predicted octanol–water partition coefficient (Wildman–Crippen LogP) is 3.05. The number of nitrogens with zero attached hydrogens (tertiary/aromatic N) is 2. The molecular weight excluding hydrogens is 380 g/mol. The molecule has 26 heavy (non-hydrogen) atoms. The molecule has 1 aromatic heterocycles. The van der Waals surface area contributed by atoms with Crippen LogP contribution in [0.5, 0.6) is 0 Å². The van der Waals surface area contributed by atoms with E-state index in [1.807, 2.05) is 4.90 Å². The van der Waals surface area contributed by atoms with Crippen molar-refractivity contribution < 1.29 is 19.1 Å². The highest BCUT2D eigenvalue weighted by molar-refractivity contribution is 7.16. The van der Waals surface area contributed by atoms with Gasteiger partial charge in [-0.15, -0.1) is 0 Å². The Balaban J connectivity index is 1.76. The van der Waals surface area contributed by atoms with Crippen LogP contribution >= 0.6 is 22.9 Å². The van der Waals surface area contributed by atoms with Crippen molar-refractivity contribution in [2.45, 2.75) is 32.0 Å². The number of halogens is 1. The van der Waals surface area contributed by atoms with Crippen LogP contribution in [0.15, 0.2) is 23.0 Å². The number of likely N-dealkylation sites (tertiary alicyclic amines) is 1. The summed E-state index contributed by atoms with van der Waals surface area (Å²) in [5, 5.41) is 0.509. The van der Waals surface area contributed by atoms with E-state index in [9.17, 15) is 14.4 Å². The quantitative estimate of drug-likeness (QED) is 0.569. The zero-order chi connectivity index (χ0) is 18.7. The number of ether oxygens (including phenoxy) is 2. The molecule has 0 saturated carbocycles. The van der Waals surface area contributed by atoms with Gasteiger partial charge in [-0.25, -0.2) is 4.79 Å². The van der Waals surface area contributed by atoms with Gasteiger partial charge in [0.1, 0.15) is 12.3 Å². The van der Waals surface area contributed by atoms with Crippen LogP contribution in [0.1, 0.15) is 25.9 Å². The van der Waals surface area contributed by atoms with Gasteiger partial charge in [-0.3, -0.25) is 19.1 Å². The van der Waals surface area contributed by atoms with Crippen molar-refractivity contribution >= 4 is 45.6 Å². The first-order chi connectivity index (χ1) is 12.5. The minimum Gasteiger partial charge on any atom is -0.435 e. The second-order valence-electron chi connectivity index (χ2n) is 5.94. The predicted molar refractivity (Wildman–Crippen MR) is 98.9 cm³/mol. The zero-order valence-electron chi connectivity index (χ0n) is 14.2. The molecule has 1 unspecified atom stereocenters. The van der Waals surface area contributed by atoms with E-state index in [0.717, 1.165) is 22.3 Å². The molecule has 2 heterocycles. The molecule has 0 aliphatic carbocycles. The van der Waals surface area contributed by atoms with Crippen LogP contribution in [0, 0.1) is 0 Å². The van der Waals surface area contributed by atoms with Crippen molar-refractivity contribution in [3.63, 3.8) is 0 Å². The summed E-state index contributed by atoms with van der Waals surface area (Å²) in [7, 11) is 0. The van der Waals surface area contributed by atoms with Crippen LogP contribution in [0.3, 0.4) is 0 Å². The standard InChI is InChI=1S/C17H19ClN2O5S/c1-2-24-17(23)25-12-5-7-19(8-6-12)15(10-21)20-13-9-11(18)3-4-14(13)26-16(20)22/h3-4,9-10,12,15H,2,5-8H2,1H3. The number of piperidine rings is 1. The Morgan fingerprint density at radius 1 is 1.42 bits per heavy atom. The van der Waals surface area contributed by atoms with Gasteiger partial charge >= 0.3 is 11.0 Å². The number of benzene rings is 1. The maximum Gasteiger partial charge on any atom is 0.508 e. The maximum atomic E-state index is 12.4. The van der Waals surface area contributed by atoms with Crippen LogP contribution in [-0.2, 0) is 14.3 Å². The van der Waals surface area contributed by atoms with Crippen molar-refractivity contribution in [1.29, 1.82) is 0 Å². The fraction of sp³-hybridized carbons (Fsp3) is 0.471. The number of carbonyl (C=O) groups is 2. The molecule has 1 saturated heterocycles. The minimum atomic E-state index is -0.710. The lowest BCUT2D eigenvalue weighted by Gasteiger charge is -2.35. The van der Waals surface area contributed by atoms with Crippen molar-refractivity contribution in [1.82, 2.24) is 9.47 Å². The Hall–Kier alpha value is -1.90. The normalized spacial score (nSPS) is 17.2. The Morgan fingerprint density at radius 2 is 2.15 bits per heavy atom. The molecule has 0 radical (unpaired) electrons. The first-order valence-corrected chi connectivity index (χ1v) is 9.56. The lowest BCUT2D eigenvalue weighted by atomic mass is 10.1. The second kappa shape index (κ2) is 8.20. The Morgan fingerprint density at radius 3 is 2.81 bits per heavy atom. The smallest absolute Gasteiger partial charge is 0.435 e. The molecule has 3 rings (SSSR count). The van der Waals surface area contributed by atoms with Gasteiger partial charge in [0.15, 0.2) is 6.29 Å². The van der Waals surface area contributed by atoms with Crippen molar-refractivity contribution in [3.8, 4) is 0 Å². The minimum absolute atomic E-state index is 0.204. The van der Waals surface area contributed by atoms with Crippen molar-refractivity contribution in [3.05, 3.63) is 32.9 Å². The van der Waals surface area contributed by atoms with Crippen LogP contribution in [0.25, 0.3) is 10.2 Å². The maximum absolute atomic E-state index is 12.4. The molecule has 0 N–H and O–H groups in total. The third-order valence-electron chi connectivity index (χ3n) is 4.34. The molecule has 1 aliphatic heterocycles. The molecule has 1 aromatic carbocycles. The number of hydrogen-bond acceptors (Lipinski definition) is 7. The first kappa shape index (κ1) is 18.9. The SMILES string of the molecule is CCOC(=O)OC1CCN(C(C=O)n2c(=O)sc3ccc(Cl)cc32)CC1. The molecule has 1 aliphatic rings. The van der Waals surface area contributed by atoms with Gasteiger partial charge < -0.3 is 9.47 Å². The molecule has 2 aromatic rings. The summed E-state index contributed by atoms with van der Waals surface area (Å²) in [5.74, 6) is 0. The van der Waals surface area contributed by atoms with Gasteiger partial charge in [0.05, 0.1) is 16.8 Å². The van der Waals surface area contributed by atoms with E-state index in [1.54, 1.807) is 25.1 Å². The number of hydrogen-bond donors (Lipinski definition) is 0. The van der Waals surface area contributed by atoms with Gasteiger partial charge in [-0.2, -0.15) is 0 Å². The second-order valence-corrected chi connectivity index (χ2v) is 7.37. The molecule has 0 amide bonds. The average Bonchev–Trinajstić information content (AvgIpc) is 2.93. The van der Waals surface area contributed by atoms with Gasteiger partial charge in [0.2, 0.25) is 0 Å². The lowest BCUT2D eigenvalue weighted by Crippen LogP contribution is -2.44. The molecular formula is C17H19ClN2O5S. The van der Waals surface area contributed by atoms with Gasteiger partial charge in [0.25, 0.3) is 0 Å². The van der Waals surface area contributed by atoms with E-state index in [4.69, 9.17) is 21.1 Å². The van der Waals surface area contributed by atoms with Crippen LogP contribution in [0.4, 0.5) is 4.79 Å². The lowest BCUT2D eigenvalue weighted by molar-refractivity contribution is -0.116. The Kier molecular flexibility index (Phi) is 5.95. The summed E-state index contributed by atoms with van der Waals surface area (Å²) < 4.78 is 12.3. The number of aromatic nitrogens is 1. The first-order valence-electron chi connectivity index (χ1n) is 8.36. The fourth-order valence-electron chi connectivity index (χ4n) is 3.11. The van der Waals surface area contributed by atoms with E-state index in [2.05, 4.69) is 0 Å². The fourth-order valence-corrected chi connectivity index (χ4v) is 4.17. The largest absolute Gasteiger partial charge is 0.508 e.